The van der Waals surface area contributed by atoms with Crippen molar-refractivity contribution in [3.05, 3.63) is 12.3 Å². The molecule has 0 bridgehead atoms. The van der Waals surface area contributed by atoms with Gasteiger partial charge in [0.2, 0.25) is 0 Å². The van der Waals surface area contributed by atoms with Crippen LogP contribution in [0.2, 0.25) is 0 Å². The van der Waals surface area contributed by atoms with E-state index in [1.807, 2.05) is 29.5 Å². The summed E-state index contributed by atoms with van der Waals surface area (Å²) in [5, 5.41) is 7.24. The maximum absolute atomic E-state index is 12.4. The summed E-state index contributed by atoms with van der Waals surface area (Å²) < 4.78 is 7.40. The molecule has 1 aliphatic heterocycles. The molecule has 0 saturated carbocycles. The molecule has 0 aromatic carbocycles. The Kier molecular flexibility index (Phi) is 4.65. The van der Waals surface area contributed by atoms with Crippen molar-refractivity contribution in [3.63, 3.8) is 0 Å². The summed E-state index contributed by atoms with van der Waals surface area (Å²) in [6.07, 6.45) is 2.75. The van der Waals surface area contributed by atoms with E-state index in [0.717, 1.165) is 12.2 Å². The second kappa shape index (κ2) is 6.26. The van der Waals surface area contributed by atoms with Gasteiger partial charge in [-0.15, -0.1) is 0 Å². The summed E-state index contributed by atoms with van der Waals surface area (Å²) in [5.41, 5.74) is 0. The third-order valence-corrected chi connectivity index (χ3v) is 4.06. The monoisotopic (exact) mass is 280 g/mol. The molecule has 1 saturated heterocycles. The van der Waals surface area contributed by atoms with E-state index < -0.39 is 0 Å². The number of rotatable bonds is 3. The Morgan fingerprint density at radius 1 is 1.60 bits per heavy atom. The van der Waals surface area contributed by atoms with Crippen LogP contribution in [0.5, 0.6) is 0 Å². The molecule has 1 aliphatic rings. The molecule has 1 fully saturated rings. The number of morpholine rings is 1. The number of urea groups is 1. The van der Waals surface area contributed by atoms with E-state index in [1.54, 1.807) is 6.20 Å². The molecular weight excluding hydrogens is 256 g/mol. The van der Waals surface area contributed by atoms with Gasteiger partial charge in [-0.1, -0.05) is 6.92 Å². The standard InChI is InChI=1S/C14H24N4O2/c1-5-10(2)18-13(6-7-15-18)16-14(19)17-8-9-20-12(4)11(17)3/h6-7,10-12H,5,8-9H2,1-4H3,(H,16,19)/t10-,11+,12-/m0/s1. The number of amides is 2. The first-order valence-electron chi connectivity index (χ1n) is 7.27. The van der Waals surface area contributed by atoms with E-state index in [0.29, 0.717) is 13.2 Å². The van der Waals surface area contributed by atoms with E-state index in [1.165, 1.54) is 0 Å². The quantitative estimate of drug-likeness (QED) is 0.925. The minimum atomic E-state index is -0.0855. The highest BCUT2D eigenvalue weighted by molar-refractivity contribution is 5.88. The zero-order valence-electron chi connectivity index (χ0n) is 12.7. The number of nitrogens with one attached hydrogen (secondary N) is 1. The largest absolute Gasteiger partial charge is 0.375 e. The normalized spacial score (nSPS) is 24.5. The summed E-state index contributed by atoms with van der Waals surface area (Å²) in [7, 11) is 0. The number of ether oxygens (including phenoxy) is 1. The number of carbonyl (C=O) groups is 1. The van der Waals surface area contributed by atoms with Crippen LogP contribution in [0.1, 0.15) is 40.2 Å². The Morgan fingerprint density at radius 2 is 2.35 bits per heavy atom. The minimum absolute atomic E-state index is 0.0639. The Bertz CT molecular complexity index is 460. The van der Waals surface area contributed by atoms with E-state index in [-0.39, 0.29) is 24.2 Å². The summed E-state index contributed by atoms with van der Waals surface area (Å²) in [4.78, 5) is 14.2. The Balaban J connectivity index is 2.06. The first-order valence-corrected chi connectivity index (χ1v) is 7.27. The predicted octanol–water partition coefficient (Wildman–Crippen LogP) is 2.50. The number of anilines is 1. The SMILES string of the molecule is CC[C@H](C)n1nccc1NC(=O)N1CCO[C@@H](C)[C@H]1C. The molecule has 6 nitrogen and oxygen atoms in total. The number of hydrogen-bond donors (Lipinski definition) is 1. The van der Waals surface area contributed by atoms with Gasteiger partial charge in [-0.2, -0.15) is 5.10 Å². The molecule has 0 radical (unpaired) electrons. The molecule has 1 N–H and O–H groups in total. The molecule has 3 atom stereocenters. The lowest BCUT2D eigenvalue weighted by Crippen LogP contribution is -2.52. The maximum atomic E-state index is 12.4. The Hall–Kier alpha value is -1.56. The molecule has 20 heavy (non-hydrogen) atoms. The van der Waals surface area contributed by atoms with E-state index in [4.69, 9.17) is 4.74 Å². The fraction of sp³-hybridized carbons (Fsp3) is 0.714. The third kappa shape index (κ3) is 2.95. The highest BCUT2D eigenvalue weighted by atomic mass is 16.5. The van der Waals surface area contributed by atoms with Crippen LogP contribution < -0.4 is 5.32 Å². The highest BCUT2D eigenvalue weighted by Crippen LogP contribution is 2.19. The van der Waals surface area contributed by atoms with Crippen molar-refractivity contribution < 1.29 is 9.53 Å². The molecule has 0 spiro atoms. The van der Waals surface area contributed by atoms with Crippen LogP contribution in [-0.2, 0) is 4.74 Å². The van der Waals surface area contributed by atoms with Crippen LogP contribution in [-0.4, -0.2) is 46.0 Å². The van der Waals surface area contributed by atoms with Gasteiger partial charge in [0.1, 0.15) is 5.82 Å². The van der Waals surface area contributed by atoms with Gasteiger partial charge >= 0.3 is 6.03 Å². The summed E-state index contributed by atoms with van der Waals surface area (Å²) >= 11 is 0. The summed E-state index contributed by atoms with van der Waals surface area (Å²) in [5.74, 6) is 0.746. The van der Waals surface area contributed by atoms with Gasteiger partial charge in [0.05, 0.1) is 31.0 Å². The Labute approximate surface area is 120 Å². The third-order valence-electron chi connectivity index (χ3n) is 4.06. The van der Waals surface area contributed by atoms with Crippen LogP contribution >= 0.6 is 0 Å². The lowest BCUT2D eigenvalue weighted by molar-refractivity contribution is -0.0355. The maximum Gasteiger partial charge on any atom is 0.323 e. The topological polar surface area (TPSA) is 59.4 Å². The summed E-state index contributed by atoms with van der Waals surface area (Å²) in [6.45, 7) is 9.40. The van der Waals surface area contributed by atoms with Crippen molar-refractivity contribution in [1.82, 2.24) is 14.7 Å². The van der Waals surface area contributed by atoms with E-state index >= 15 is 0 Å². The van der Waals surface area contributed by atoms with Crippen molar-refractivity contribution in [2.24, 2.45) is 0 Å². The highest BCUT2D eigenvalue weighted by Gasteiger charge is 2.29. The van der Waals surface area contributed by atoms with Gasteiger partial charge in [0.15, 0.2) is 0 Å². The molecule has 112 valence electrons. The molecule has 2 heterocycles. The molecule has 0 aliphatic carbocycles. The average Bonchev–Trinajstić information content (AvgIpc) is 2.89. The minimum Gasteiger partial charge on any atom is -0.375 e. The van der Waals surface area contributed by atoms with Gasteiger partial charge in [-0.25, -0.2) is 9.48 Å². The first-order chi connectivity index (χ1) is 9.54. The molecular formula is C14H24N4O2. The van der Waals surface area contributed by atoms with Crippen molar-refractivity contribution >= 4 is 11.8 Å². The zero-order valence-corrected chi connectivity index (χ0v) is 12.7. The molecule has 0 unspecified atom stereocenters. The van der Waals surface area contributed by atoms with Crippen molar-refractivity contribution in [1.29, 1.82) is 0 Å². The first kappa shape index (κ1) is 14.8. The zero-order chi connectivity index (χ0) is 14.7. The Morgan fingerprint density at radius 3 is 3.05 bits per heavy atom. The molecule has 6 heteroatoms. The van der Waals surface area contributed by atoms with Gasteiger partial charge < -0.3 is 9.64 Å². The van der Waals surface area contributed by atoms with Crippen molar-refractivity contribution in [3.8, 4) is 0 Å². The summed E-state index contributed by atoms with van der Waals surface area (Å²) in [6, 6.07) is 2.08. The molecule has 1 aromatic rings. The smallest absolute Gasteiger partial charge is 0.323 e. The number of aromatic nitrogens is 2. The van der Waals surface area contributed by atoms with Crippen LogP contribution in [0.15, 0.2) is 12.3 Å². The lowest BCUT2D eigenvalue weighted by atomic mass is 10.1. The van der Waals surface area contributed by atoms with Gasteiger partial charge in [-0.3, -0.25) is 5.32 Å². The fourth-order valence-electron chi connectivity index (χ4n) is 2.34. The second-order valence-corrected chi connectivity index (χ2v) is 5.36. The van der Waals surface area contributed by atoms with Crippen molar-refractivity contribution in [2.45, 2.75) is 52.3 Å². The molecule has 2 rings (SSSR count). The van der Waals surface area contributed by atoms with Crippen LogP contribution in [0.4, 0.5) is 10.6 Å². The van der Waals surface area contributed by atoms with Gasteiger partial charge in [-0.05, 0) is 27.2 Å². The van der Waals surface area contributed by atoms with Crippen molar-refractivity contribution in [2.75, 3.05) is 18.5 Å². The predicted molar refractivity (Wildman–Crippen MR) is 77.8 cm³/mol. The van der Waals surface area contributed by atoms with Gasteiger partial charge in [0.25, 0.3) is 0 Å². The van der Waals surface area contributed by atoms with Crippen LogP contribution in [0.3, 0.4) is 0 Å². The number of carbonyl (C=O) groups excluding carboxylic acids is 1. The lowest BCUT2D eigenvalue weighted by Gasteiger charge is -2.37. The second-order valence-electron chi connectivity index (χ2n) is 5.36. The fourth-order valence-corrected chi connectivity index (χ4v) is 2.34. The van der Waals surface area contributed by atoms with Crippen LogP contribution in [0.25, 0.3) is 0 Å². The number of nitrogens with zero attached hydrogens (tertiary/aromatic N) is 3. The molecule has 1 aromatic heterocycles. The average molecular weight is 280 g/mol. The van der Waals surface area contributed by atoms with E-state index in [2.05, 4.69) is 24.3 Å². The van der Waals surface area contributed by atoms with E-state index in [9.17, 15) is 4.79 Å². The van der Waals surface area contributed by atoms with Crippen LogP contribution in [0, 0.1) is 0 Å². The number of hydrogen-bond acceptors (Lipinski definition) is 3. The van der Waals surface area contributed by atoms with Gasteiger partial charge in [0, 0.05) is 12.6 Å². The molecule has 2 amide bonds.